The van der Waals surface area contributed by atoms with E-state index in [0.29, 0.717) is 6.42 Å². The molecule has 0 saturated carbocycles. The number of para-hydroxylation sites is 1. The van der Waals surface area contributed by atoms with Crippen molar-refractivity contribution in [1.29, 1.82) is 0 Å². The molecule has 1 aromatic rings. The average Bonchev–Trinajstić information content (AvgIpc) is 3.33. The molecule has 0 bridgehead atoms. The molecule has 4 nitrogen and oxygen atoms in total. The molecule has 1 saturated heterocycles. The van der Waals surface area contributed by atoms with Gasteiger partial charge in [-0.15, -0.1) is 0 Å². The van der Waals surface area contributed by atoms with Crippen molar-refractivity contribution < 1.29 is 14.0 Å². The molecular weight excluding hydrogens is 456 g/mol. The number of ether oxygens (including phenoxy) is 1. The number of amides is 1. The first-order valence-electron chi connectivity index (χ1n) is 15.9. The maximum atomic E-state index is 12.5. The molecule has 212 valence electrons. The third kappa shape index (κ3) is 15.5. The standard InChI is InChI=1S/C33H58N2O2/c1-3-4-5-6-7-8-9-10-11-12-13-14-15-16-17-22-29-37-32-24-19-18-23-31(32)30-33(36)34-25-28-35(2)26-20-21-27-35/h18-19,23-24H,3-17,20-22,25-30H2,1-2H3/p+1. The number of quaternary nitrogens is 1. The van der Waals surface area contributed by atoms with E-state index < -0.39 is 0 Å². The number of likely N-dealkylation sites (tertiary alicyclic amines) is 1. The number of hydrogen-bond donors (Lipinski definition) is 1. The summed E-state index contributed by atoms with van der Waals surface area (Å²) in [5.74, 6) is 0.974. The van der Waals surface area contributed by atoms with E-state index in [4.69, 9.17) is 4.74 Å². The molecule has 4 heteroatoms. The molecule has 37 heavy (non-hydrogen) atoms. The minimum Gasteiger partial charge on any atom is -0.493 e. The molecule has 1 aromatic carbocycles. The van der Waals surface area contributed by atoms with Crippen LogP contribution >= 0.6 is 0 Å². The molecule has 1 aliphatic heterocycles. The molecule has 1 fully saturated rings. The average molecular weight is 516 g/mol. The first-order chi connectivity index (χ1) is 18.1. The molecule has 1 heterocycles. The van der Waals surface area contributed by atoms with Crippen molar-refractivity contribution in [3.63, 3.8) is 0 Å². The fourth-order valence-corrected chi connectivity index (χ4v) is 5.65. The first-order valence-corrected chi connectivity index (χ1v) is 15.9. The Bertz CT molecular complexity index is 699. The topological polar surface area (TPSA) is 38.3 Å². The molecule has 1 amide bonds. The smallest absolute Gasteiger partial charge is 0.224 e. The Kier molecular flexibility index (Phi) is 17.5. The monoisotopic (exact) mass is 515 g/mol. The largest absolute Gasteiger partial charge is 0.493 e. The molecule has 0 aromatic heterocycles. The zero-order valence-electron chi connectivity index (χ0n) is 24.5. The number of rotatable bonds is 23. The van der Waals surface area contributed by atoms with Gasteiger partial charge < -0.3 is 14.5 Å². The van der Waals surface area contributed by atoms with Gasteiger partial charge in [-0.25, -0.2) is 0 Å². The van der Waals surface area contributed by atoms with E-state index >= 15 is 0 Å². The van der Waals surface area contributed by atoms with Crippen LogP contribution in [0.25, 0.3) is 0 Å². The highest BCUT2D eigenvalue weighted by Crippen LogP contribution is 2.20. The second kappa shape index (κ2) is 20.4. The Labute approximate surface area is 229 Å². The number of benzene rings is 1. The zero-order chi connectivity index (χ0) is 26.4. The number of likely N-dealkylation sites (N-methyl/N-ethyl adjacent to an activating group) is 1. The lowest BCUT2D eigenvalue weighted by molar-refractivity contribution is -0.896. The molecule has 0 unspecified atom stereocenters. The van der Waals surface area contributed by atoms with Gasteiger partial charge in [0.2, 0.25) is 5.91 Å². The van der Waals surface area contributed by atoms with Crippen LogP contribution in [-0.2, 0) is 11.2 Å². The Morgan fingerprint density at radius 3 is 1.86 bits per heavy atom. The van der Waals surface area contributed by atoms with Gasteiger partial charge in [-0.3, -0.25) is 4.79 Å². The van der Waals surface area contributed by atoms with Gasteiger partial charge in [0.25, 0.3) is 0 Å². The van der Waals surface area contributed by atoms with Gasteiger partial charge in [0.1, 0.15) is 5.75 Å². The normalized spacial score (nSPS) is 14.6. The minimum absolute atomic E-state index is 0.101. The van der Waals surface area contributed by atoms with Gasteiger partial charge in [-0.2, -0.15) is 0 Å². The summed E-state index contributed by atoms with van der Waals surface area (Å²) < 4.78 is 7.17. The molecule has 0 radical (unpaired) electrons. The van der Waals surface area contributed by atoms with Crippen LogP contribution in [0.1, 0.15) is 128 Å². The predicted molar refractivity (Wildman–Crippen MR) is 158 cm³/mol. The van der Waals surface area contributed by atoms with Crippen molar-refractivity contribution in [2.45, 2.75) is 129 Å². The van der Waals surface area contributed by atoms with Crippen molar-refractivity contribution >= 4 is 5.91 Å². The summed E-state index contributed by atoms with van der Waals surface area (Å²) in [4.78, 5) is 12.5. The summed E-state index contributed by atoms with van der Waals surface area (Å²) in [7, 11) is 2.31. The number of carbonyl (C=O) groups excluding carboxylic acids is 1. The summed E-state index contributed by atoms with van der Waals surface area (Å²) in [5.41, 5.74) is 0.998. The summed E-state index contributed by atoms with van der Waals surface area (Å²) in [6.45, 7) is 7.31. The summed E-state index contributed by atoms with van der Waals surface area (Å²) in [6, 6.07) is 8.03. The van der Waals surface area contributed by atoms with Crippen LogP contribution in [0.15, 0.2) is 24.3 Å². The summed E-state index contributed by atoms with van der Waals surface area (Å²) in [6.07, 6.45) is 25.1. The van der Waals surface area contributed by atoms with E-state index in [9.17, 15) is 4.79 Å². The van der Waals surface area contributed by atoms with Crippen molar-refractivity contribution in [3.8, 4) is 5.75 Å². The number of nitrogens with zero attached hydrogens (tertiary/aromatic N) is 1. The van der Waals surface area contributed by atoms with E-state index in [-0.39, 0.29) is 5.91 Å². The van der Waals surface area contributed by atoms with Crippen molar-refractivity contribution in [3.05, 3.63) is 29.8 Å². The van der Waals surface area contributed by atoms with E-state index in [0.717, 1.165) is 41.9 Å². The Morgan fingerprint density at radius 2 is 1.30 bits per heavy atom. The number of carbonyl (C=O) groups is 1. The molecule has 0 aliphatic carbocycles. The van der Waals surface area contributed by atoms with Crippen LogP contribution in [0.3, 0.4) is 0 Å². The van der Waals surface area contributed by atoms with Gasteiger partial charge in [0.05, 0.1) is 46.3 Å². The Balaban J connectivity index is 1.43. The quantitative estimate of drug-likeness (QED) is 0.118. The van der Waals surface area contributed by atoms with Crippen molar-refractivity contribution in [2.24, 2.45) is 0 Å². The van der Waals surface area contributed by atoms with Crippen molar-refractivity contribution in [2.75, 3.05) is 39.8 Å². The number of hydrogen-bond acceptors (Lipinski definition) is 2. The highest BCUT2D eigenvalue weighted by atomic mass is 16.5. The van der Waals surface area contributed by atoms with Crippen molar-refractivity contribution in [1.82, 2.24) is 5.32 Å². The van der Waals surface area contributed by atoms with Gasteiger partial charge in [-0.05, 0) is 12.5 Å². The molecule has 2 rings (SSSR count). The fraction of sp³-hybridized carbons (Fsp3) is 0.788. The zero-order valence-corrected chi connectivity index (χ0v) is 24.5. The van der Waals surface area contributed by atoms with Gasteiger partial charge in [0.15, 0.2) is 0 Å². The van der Waals surface area contributed by atoms with E-state index in [1.165, 1.54) is 122 Å². The van der Waals surface area contributed by atoms with Crippen LogP contribution in [0, 0.1) is 0 Å². The second-order valence-corrected chi connectivity index (χ2v) is 11.8. The predicted octanol–water partition coefficient (Wildman–Crippen LogP) is 8.23. The van der Waals surface area contributed by atoms with E-state index in [1.54, 1.807) is 0 Å². The van der Waals surface area contributed by atoms with Crippen LogP contribution in [0.2, 0.25) is 0 Å². The highest BCUT2D eigenvalue weighted by Gasteiger charge is 2.26. The minimum atomic E-state index is 0.101. The van der Waals surface area contributed by atoms with Crippen LogP contribution in [-0.4, -0.2) is 50.2 Å². The lowest BCUT2D eigenvalue weighted by Gasteiger charge is -2.29. The lowest BCUT2D eigenvalue weighted by atomic mass is 10.0. The summed E-state index contributed by atoms with van der Waals surface area (Å²) >= 11 is 0. The molecule has 1 aliphatic rings. The van der Waals surface area contributed by atoms with Gasteiger partial charge >= 0.3 is 0 Å². The highest BCUT2D eigenvalue weighted by molar-refractivity contribution is 5.79. The van der Waals surface area contributed by atoms with Crippen LogP contribution in [0.5, 0.6) is 5.75 Å². The fourth-order valence-electron chi connectivity index (χ4n) is 5.65. The Hall–Kier alpha value is -1.55. The molecular formula is C33H59N2O2+. The summed E-state index contributed by atoms with van der Waals surface area (Å²) in [5, 5.41) is 3.13. The molecule has 0 atom stereocenters. The molecule has 0 spiro atoms. The third-order valence-electron chi connectivity index (χ3n) is 8.20. The van der Waals surface area contributed by atoms with E-state index in [1.807, 2.05) is 24.3 Å². The van der Waals surface area contributed by atoms with Gasteiger partial charge in [0, 0.05) is 18.4 Å². The third-order valence-corrected chi connectivity index (χ3v) is 8.20. The Morgan fingerprint density at radius 1 is 0.784 bits per heavy atom. The van der Waals surface area contributed by atoms with Crippen LogP contribution in [0.4, 0.5) is 0 Å². The van der Waals surface area contributed by atoms with Gasteiger partial charge in [-0.1, -0.05) is 121 Å². The van der Waals surface area contributed by atoms with Crippen LogP contribution < -0.4 is 10.1 Å². The SMILES string of the molecule is CCCCCCCCCCCCCCCCCCOc1ccccc1CC(=O)NCC[N+]1(C)CCCC1. The maximum absolute atomic E-state index is 12.5. The first kappa shape index (κ1) is 31.7. The molecule has 1 N–H and O–H groups in total. The number of unbranched alkanes of at least 4 members (excludes halogenated alkanes) is 15. The van der Waals surface area contributed by atoms with E-state index in [2.05, 4.69) is 19.3 Å². The lowest BCUT2D eigenvalue weighted by Crippen LogP contribution is -2.46. The maximum Gasteiger partial charge on any atom is 0.224 e. The second-order valence-electron chi connectivity index (χ2n) is 11.8. The number of nitrogens with one attached hydrogen (secondary N) is 1.